The third kappa shape index (κ3) is 3.14. The average Bonchev–Trinajstić information content (AvgIpc) is 2.23. The zero-order valence-corrected chi connectivity index (χ0v) is 10.8. The van der Waals surface area contributed by atoms with Crippen LogP contribution in [0.3, 0.4) is 0 Å². The number of hydrogen-bond acceptors (Lipinski definition) is 2. The van der Waals surface area contributed by atoms with Gasteiger partial charge in [-0.3, -0.25) is 4.90 Å². The Labute approximate surface area is 105 Å². The number of hydrogen-bond donors (Lipinski definition) is 1. The predicted molar refractivity (Wildman–Crippen MR) is 69.1 cm³/mol. The van der Waals surface area contributed by atoms with Crippen molar-refractivity contribution < 1.29 is 4.39 Å². The second kappa shape index (κ2) is 5.57. The van der Waals surface area contributed by atoms with Crippen molar-refractivity contribution >= 4 is 28.8 Å². The lowest BCUT2D eigenvalue weighted by Crippen LogP contribution is -2.38. The van der Waals surface area contributed by atoms with Crippen molar-refractivity contribution in [1.29, 1.82) is 0 Å². The molecule has 88 valence electrons. The Morgan fingerprint density at radius 2 is 2.25 bits per heavy atom. The fourth-order valence-electron chi connectivity index (χ4n) is 1.29. The molecule has 16 heavy (non-hydrogen) atoms. The molecule has 0 saturated heterocycles. The second-order valence-electron chi connectivity index (χ2n) is 3.71. The van der Waals surface area contributed by atoms with Crippen LogP contribution < -0.4 is 5.73 Å². The zero-order chi connectivity index (χ0) is 12.3. The van der Waals surface area contributed by atoms with E-state index in [1.165, 1.54) is 6.07 Å². The van der Waals surface area contributed by atoms with Crippen molar-refractivity contribution in [2.24, 2.45) is 5.73 Å². The highest BCUT2D eigenvalue weighted by atomic mass is 35.5. The Morgan fingerprint density at radius 3 is 2.81 bits per heavy atom. The van der Waals surface area contributed by atoms with Crippen LogP contribution >= 0.6 is 23.8 Å². The van der Waals surface area contributed by atoms with Crippen LogP contribution in [0.1, 0.15) is 12.5 Å². The van der Waals surface area contributed by atoms with Crippen LogP contribution in [0.4, 0.5) is 4.39 Å². The van der Waals surface area contributed by atoms with Gasteiger partial charge in [-0.2, -0.15) is 0 Å². The van der Waals surface area contributed by atoms with E-state index in [0.717, 1.165) is 0 Å². The van der Waals surface area contributed by atoms with Crippen LogP contribution in [0.15, 0.2) is 18.2 Å². The maximum atomic E-state index is 13.6. The number of nitrogens with two attached hydrogens (primary N) is 1. The Bertz CT molecular complexity index is 398. The first-order valence-electron chi connectivity index (χ1n) is 4.86. The maximum Gasteiger partial charge on any atom is 0.146 e. The van der Waals surface area contributed by atoms with Crippen LogP contribution in [0.2, 0.25) is 5.02 Å². The second-order valence-corrected chi connectivity index (χ2v) is 4.59. The minimum Gasteiger partial charge on any atom is -0.392 e. The first-order chi connectivity index (χ1) is 7.43. The lowest BCUT2D eigenvalue weighted by atomic mass is 10.2. The molecule has 1 aromatic rings. The molecular formula is C11H14ClFN2S. The van der Waals surface area contributed by atoms with Gasteiger partial charge in [0.1, 0.15) is 5.82 Å². The average molecular weight is 261 g/mol. The largest absolute Gasteiger partial charge is 0.392 e. The summed E-state index contributed by atoms with van der Waals surface area (Å²) in [5.41, 5.74) is 6.07. The van der Waals surface area contributed by atoms with E-state index < -0.39 is 0 Å². The van der Waals surface area contributed by atoms with Crippen LogP contribution in [-0.2, 0) is 6.54 Å². The number of rotatable bonds is 4. The predicted octanol–water partition coefficient (Wildman–Crippen LogP) is 2.59. The van der Waals surface area contributed by atoms with Crippen molar-refractivity contribution in [3.05, 3.63) is 34.6 Å². The third-order valence-electron chi connectivity index (χ3n) is 2.52. The fourth-order valence-corrected chi connectivity index (χ4v) is 1.67. The molecular weight excluding hydrogens is 247 g/mol. The smallest absolute Gasteiger partial charge is 0.146 e. The van der Waals surface area contributed by atoms with Gasteiger partial charge < -0.3 is 5.73 Å². The molecule has 1 aromatic carbocycles. The maximum absolute atomic E-state index is 13.6. The lowest BCUT2D eigenvalue weighted by Gasteiger charge is -2.23. The van der Waals surface area contributed by atoms with Gasteiger partial charge in [0.2, 0.25) is 0 Å². The summed E-state index contributed by atoms with van der Waals surface area (Å²) in [4.78, 5) is 2.27. The van der Waals surface area contributed by atoms with Gasteiger partial charge in [-0.05, 0) is 20.0 Å². The standard InChI is InChI=1S/C11H14ClFN2S/c1-7(11(14)16)15(2)6-8-4-3-5-9(12)10(8)13/h3-5,7H,6H2,1-2H3,(H2,14,16). The number of thiocarbonyl (C=S) groups is 1. The SMILES string of the molecule is CC(C(N)=S)N(C)Cc1cccc(Cl)c1F. The normalized spacial score (nSPS) is 12.8. The summed E-state index contributed by atoms with van der Waals surface area (Å²) in [6.07, 6.45) is 0. The summed E-state index contributed by atoms with van der Waals surface area (Å²) in [5.74, 6) is -0.383. The molecule has 0 amide bonds. The van der Waals surface area contributed by atoms with E-state index >= 15 is 0 Å². The van der Waals surface area contributed by atoms with Crippen molar-refractivity contribution in [1.82, 2.24) is 4.90 Å². The molecule has 2 nitrogen and oxygen atoms in total. The molecule has 5 heteroatoms. The Morgan fingerprint density at radius 1 is 1.62 bits per heavy atom. The molecule has 0 fully saturated rings. The van der Waals surface area contributed by atoms with Crippen molar-refractivity contribution in [2.45, 2.75) is 19.5 Å². The van der Waals surface area contributed by atoms with E-state index in [0.29, 0.717) is 17.1 Å². The summed E-state index contributed by atoms with van der Waals surface area (Å²) in [6.45, 7) is 2.30. The van der Waals surface area contributed by atoms with Crippen LogP contribution in [-0.4, -0.2) is 23.0 Å². The van der Waals surface area contributed by atoms with Crippen molar-refractivity contribution in [3.63, 3.8) is 0 Å². The molecule has 0 radical (unpaired) electrons. The van der Waals surface area contributed by atoms with Gasteiger partial charge in [0.15, 0.2) is 0 Å². The number of benzene rings is 1. The molecule has 0 bridgehead atoms. The summed E-state index contributed by atoms with van der Waals surface area (Å²) < 4.78 is 13.6. The molecule has 0 aromatic heterocycles. The Hall–Kier alpha value is -0.710. The van der Waals surface area contributed by atoms with E-state index in [1.807, 2.05) is 18.9 Å². The van der Waals surface area contributed by atoms with Gasteiger partial charge >= 0.3 is 0 Å². The monoisotopic (exact) mass is 260 g/mol. The molecule has 0 aliphatic heterocycles. The van der Waals surface area contributed by atoms with E-state index in [2.05, 4.69) is 0 Å². The number of nitrogens with zero attached hydrogens (tertiary/aromatic N) is 1. The fraction of sp³-hybridized carbons (Fsp3) is 0.364. The lowest BCUT2D eigenvalue weighted by molar-refractivity contribution is 0.299. The molecule has 2 N–H and O–H groups in total. The first-order valence-corrected chi connectivity index (χ1v) is 5.64. The minimum atomic E-state index is -0.383. The van der Waals surface area contributed by atoms with Gasteiger partial charge in [0.05, 0.1) is 16.1 Å². The van der Waals surface area contributed by atoms with E-state index in [9.17, 15) is 4.39 Å². The summed E-state index contributed by atoms with van der Waals surface area (Å²) >= 11 is 10.6. The highest BCUT2D eigenvalue weighted by Crippen LogP contribution is 2.19. The van der Waals surface area contributed by atoms with Gasteiger partial charge in [-0.15, -0.1) is 0 Å². The van der Waals surface area contributed by atoms with Gasteiger partial charge in [-0.1, -0.05) is 36.0 Å². The van der Waals surface area contributed by atoms with Crippen LogP contribution in [0, 0.1) is 5.82 Å². The zero-order valence-electron chi connectivity index (χ0n) is 9.21. The Kier molecular flexibility index (Phi) is 4.65. The van der Waals surface area contributed by atoms with Gasteiger partial charge in [0.25, 0.3) is 0 Å². The highest BCUT2D eigenvalue weighted by Gasteiger charge is 2.14. The van der Waals surface area contributed by atoms with E-state index in [4.69, 9.17) is 29.6 Å². The molecule has 1 unspecified atom stereocenters. The Balaban J connectivity index is 2.81. The first kappa shape index (κ1) is 13.4. The molecule has 0 heterocycles. The quantitative estimate of drug-likeness (QED) is 0.844. The third-order valence-corrected chi connectivity index (χ3v) is 3.16. The van der Waals surface area contributed by atoms with Crippen LogP contribution in [0.25, 0.3) is 0 Å². The summed E-state index contributed by atoms with van der Waals surface area (Å²) in [7, 11) is 1.84. The molecule has 0 aliphatic rings. The number of halogens is 2. The number of likely N-dealkylation sites (N-methyl/N-ethyl adjacent to an activating group) is 1. The van der Waals surface area contributed by atoms with Crippen molar-refractivity contribution in [2.75, 3.05) is 7.05 Å². The van der Waals surface area contributed by atoms with Crippen LogP contribution in [0.5, 0.6) is 0 Å². The molecule has 0 saturated carbocycles. The molecule has 0 spiro atoms. The topological polar surface area (TPSA) is 29.3 Å². The molecule has 1 atom stereocenters. The van der Waals surface area contributed by atoms with E-state index in [1.54, 1.807) is 12.1 Å². The summed E-state index contributed by atoms with van der Waals surface area (Å²) in [5, 5.41) is 0.133. The molecule has 0 aliphatic carbocycles. The molecule has 1 rings (SSSR count). The minimum absolute atomic E-state index is 0.0756. The highest BCUT2D eigenvalue weighted by molar-refractivity contribution is 7.80. The van der Waals surface area contributed by atoms with E-state index in [-0.39, 0.29) is 16.9 Å². The van der Waals surface area contributed by atoms with Gasteiger partial charge in [-0.25, -0.2) is 4.39 Å². The summed E-state index contributed by atoms with van der Waals surface area (Å²) in [6, 6.07) is 4.87. The van der Waals surface area contributed by atoms with Gasteiger partial charge in [0, 0.05) is 12.1 Å². The van der Waals surface area contributed by atoms with Crippen molar-refractivity contribution in [3.8, 4) is 0 Å².